The number of carbonyl (C=O) groups is 3. The maximum Gasteiger partial charge on any atom is 0.408 e. The summed E-state index contributed by atoms with van der Waals surface area (Å²) in [5, 5.41) is 2.18. The molecule has 0 aliphatic carbocycles. The number of nitrogens with one attached hydrogen (secondary N) is 1. The van der Waals surface area contributed by atoms with Gasteiger partial charge in [-0.2, -0.15) is 8.75 Å². The number of alkyl carbamates (subject to hydrolysis) is 1. The van der Waals surface area contributed by atoms with Crippen molar-refractivity contribution in [2.24, 2.45) is 0 Å². The van der Waals surface area contributed by atoms with Crippen molar-refractivity contribution in [1.82, 2.24) is 19.0 Å². The Labute approximate surface area is 229 Å². The van der Waals surface area contributed by atoms with Crippen LogP contribution in [-0.4, -0.2) is 61.5 Å². The molecule has 0 spiro atoms. The van der Waals surface area contributed by atoms with Gasteiger partial charge < -0.3 is 19.5 Å². The first-order valence-corrected chi connectivity index (χ1v) is 13.5. The van der Waals surface area contributed by atoms with Gasteiger partial charge in [-0.05, 0) is 50.1 Å². The SMILES string of the molecule is COc1ccc(COC(=O)C2=C(/C=C/C=C/c3cnsn3)CS[C@@H]3[C@H](NC(=O)OC(C)(C)C)C(=O)N23)cc1. The lowest BCUT2D eigenvalue weighted by Crippen LogP contribution is -2.70. The van der Waals surface area contributed by atoms with E-state index in [9.17, 15) is 14.4 Å². The van der Waals surface area contributed by atoms with Crippen molar-refractivity contribution in [3.8, 4) is 5.75 Å². The summed E-state index contributed by atoms with van der Waals surface area (Å²) in [6, 6.07) is 6.35. The summed E-state index contributed by atoms with van der Waals surface area (Å²) in [5.74, 6) is 0.108. The van der Waals surface area contributed by atoms with Gasteiger partial charge in [0.25, 0.3) is 5.91 Å². The van der Waals surface area contributed by atoms with Crippen LogP contribution in [0.5, 0.6) is 5.75 Å². The number of benzene rings is 1. The predicted octanol–water partition coefficient (Wildman–Crippen LogP) is 3.92. The molecule has 2 aliphatic rings. The summed E-state index contributed by atoms with van der Waals surface area (Å²) in [6.45, 7) is 5.26. The number of amides is 2. The Morgan fingerprint density at radius 2 is 1.92 bits per heavy atom. The smallest absolute Gasteiger partial charge is 0.408 e. The van der Waals surface area contributed by atoms with Crippen LogP contribution in [0.15, 0.2) is 60.0 Å². The number of carbonyl (C=O) groups excluding carboxylic acids is 3. The molecular formula is C26H28N4O6S2. The van der Waals surface area contributed by atoms with E-state index < -0.39 is 35.0 Å². The van der Waals surface area contributed by atoms with E-state index in [1.807, 2.05) is 0 Å². The zero-order valence-corrected chi connectivity index (χ0v) is 23.0. The molecule has 1 N–H and O–H groups in total. The standard InChI is InChI=1S/C26H28N4O6S2/c1-26(2,3)36-25(33)28-20-22(31)30-21(24(32)35-14-16-9-11-19(34-4)12-10-16)17(15-37-23(20)30)7-5-6-8-18-13-27-38-29-18/h5-13,20,23H,14-15H2,1-4H3,(H,28,33)/b7-5+,8-6+/t20-,23-/m1/s1. The molecule has 1 saturated heterocycles. The first-order chi connectivity index (χ1) is 18.2. The van der Waals surface area contributed by atoms with E-state index >= 15 is 0 Å². The second-order valence-electron chi connectivity index (χ2n) is 9.38. The van der Waals surface area contributed by atoms with Crippen molar-refractivity contribution in [3.05, 3.63) is 71.2 Å². The summed E-state index contributed by atoms with van der Waals surface area (Å²) in [7, 11) is 1.58. The fourth-order valence-corrected chi connectivity index (χ4v) is 5.43. The lowest BCUT2D eigenvalue weighted by molar-refractivity contribution is -0.152. The Morgan fingerprint density at radius 1 is 1.18 bits per heavy atom. The van der Waals surface area contributed by atoms with Crippen LogP contribution >= 0.6 is 23.5 Å². The van der Waals surface area contributed by atoms with E-state index in [1.165, 1.54) is 16.7 Å². The minimum absolute atomic E-state index is 0.0273. The molecule has 2 amide bonds. The number of methoxy groups -OCH3 is 1. The van der Waals surface area contributed by atoms with E-state index in [4.69, 9.17) is 14.2 Å². The Morgan fingerprint density at radius 3 is 2.58 bits per heavy atom. The molecular weight excluding hydrogens is 528 g/mol. The first-order valence-electron chi connectivity index (χ1n) is 11.8. The third-order valence-corrected chi connectivity index (χ3v) is 7.24. The van der Waals surface area contributed by atoms with Crippen LogP contribution in [0.25, 0.3) is 6.08 Å². The summed E-state index contributed by atoms with van der Waals surface area (Å²) in [5.41, 5.74) is 1.59. The molecule has 0 saturated carbocycles. The average molecular weight is 557 g/mol. The van der Waals surface area contributed by atoms with Crippen LogP contribution < -0.4 is 10.1 Å². The zero-order valence-electron chi connectivity index (χ0n) is 21.4. The molecule has 38 heavy (non-hydrogen) atoms. The van der Waals surface area contributed by atoms with Crippen molar-refractivity contribution in [1.29, 1.82) is 0 Å². The van der Waals surface area contributed by atoms with E-state index in [2.05, 4.69) is 14.1 Å². The Balaban J connectivity index is 1.52. The highest BCUT2D eigenvalue weighted by Gasteiger charge is 2.54. The van der Waals surface area contributed by atoms with Crippen LogP contribution in [0, 0.1) is 0 Å². The summed E-state index contributed by atoms with van der Waals surface area (Å²) in [6.07, 6.45) is 8.07. The number of aromatic nitrogens is 2. The van der Waals surface area contributed by atoms with Crippen molar-refractivity contribution in [2.45, 2.75) is 44.4 Å². The van der Waals surface area contributed by atoms with Crippen molar-refractivity contribution in [3.63, 3.8) is 0 Å². The number of allylic oxidation sites excluding steroid dienone is 3. The summed E-state index contributed by atoms with van der Waals surface area (Å²) >= 11 is 2.56. The quantitative estimate of drug-likeness (QED) is 0.293. The highest BCUT2D eigenvalue weighted by molar-refractivity contribution is 8.00. The molecule has 3 heterocycles. The van der Waals surface area contributed by atoms with Gasteiger partial charge in [-0.1, -0.05) is 30.4 Å². The highest BCUT2D eigenvalue weighted by atomic mass is 32.2. The molecule has 10 nitrogen and oxygen atoms in total. The molecule has 0 unspecified atom stereocenters. The second kappa shape index (κ2) is 11.8. The van der Waals surface area contributed by atoms with E-state index in [0.717, 1.165) is 23.0 Å². The van der Waals surface area contributed by atoms with Crippen LogP contribution in [0.2, 0.25) is 0 Å². The molecule has 200 valence electrons. The minimum atomic E-state index is -0.804. The molecule has 4 rings (SSSR count). The number of β-lactam (4-membered cyclic amide) rings is 1. The average Bonchev–Trinajstić information content (AvgIpc) is 3.41. The van der Waals surface area contributed by atoms with Crippen molar-refractivity contribution >= 4 is 47.5 Å². The number of esters is 1. The largest absolute Gasteiger partial charge is 0.497 e. The minimum Gasteiger partial charge on any atom is -0.497 e. The third kappa shape index (κ3) is 6.62. The molecule has 1 aromatic carbocycles. The Kier molecular flexibility index (Phi) is 8.52. The number of ether oxygens (including phenoxy) is 3. The molecule has 2 aromatic rings. The number of hydrogen-bond acceptors (Lipinski definition) is 10. The van der Waals surface area contributed by atoms with Gasteiger partial charge in [-0.15, -0.1) is 11.8 Å². The van der Waals surface area contributed by atoms with Crippen LogP contribution in [0.4, 0.5) is 4.79 Å². The molecule has 2 atom stereocenters. The number of thioether (sulfide) groups is 1. The number of hydrogen-bond donors (Lipinski definition) is 1. The lowest BCUT2D eigenvalue weighted by atomic mass is 10.0. The number of nitrogens with zero attached hydrogens (tertiary/aromatic N) is 3. The van der Waals surface area contributed by atoms with Gasteiger partial charge in [0.05, 0.1) is 30.7 Å². The third-order valence-electron chi connectivity index (χ3n) is 5.45. The zero-order chi connectivity index (χ0) is 27.3. The Bertz CT molecular complexity index is 1270. The maximum absolute atomic E-state index is 13.3. The normalized spacial score (nSPS) is 19.4. The van der Waals surface area contributed by atoms with Crippen molar-refractivity contribution in [2.75, 3.05) is 12.9 Å². The molecule has 0 bridgehead atoms. The van der Waals surface area contributed by atoms with Gasteiger partial charge in [0.15, 0.2) is 0 Å². The molecule has 12 heteroatoms. The molecule has 0 radical (unpaired) electrons. The lowest BCUT2D eigenvalue weighted by Gasteiger charge is -2.49. The molecule has 1 aromatic heterocycles. The van der Waals surface area contributed by atoms with Crippen molar-refractivity contribution < 1.29 is 28.6 Å². The fourth-order valence-electron chi connectivity index (χ4n) is 3.70. The topological polar surface area (TPSA) is 120 Å². The van der Waals surface area contributed by atoms with E-state index in [1.54, 1.807) is 82.6 Å². The van der Waals surface area contributed by atoms with E-state index in [0.29, 0.717) is 17.1 Å². The first kappa shape index (κ1) is 27.4. The highest BCUT2D eigenvalue weighted by Crippen LogP contribution is 2.41. The molecule has 2 aliphatic heterocycles. The monoisotopic (exact) mass is 556 g/mol. The van der Waals surface area contributed by atoms with Gasteiger partial charge >= 0.3 is 12.1 Å². The van der Waals surface area contributed by atoms with Gasteiger partial charge in [0, 0.05) is 5.75 Å². The number of fused-ring (bicyclic) bond motifs is 1. The van der Waals surface area contributed by atoms with Crippen LogP contribution in [0.3, 0.4) is 0 Å². The van der Waals surface area contributed by atoms with E-state index in [-0.39, 0.29) is 12.3 Å². The summed E-state index contributed by atoms with van der Waals surface area (Å²) < 4.78 is 24.1. The fraction of sp³-hybridized carbons (Fsp3) is 0.346. The van der Waals surface area contributed by atoms with Crippen LogP contribution in [0.1, 0.15) is 32.0 Å². The number of rotatable bonds is 8. The van der Waals surface area contributed by atoms with Gasteiger partial charge in [0.1, 0.15) is 35.1 Å². The summed E-state index contributed by atoms with van der Waals surface area (Å²) in [4.78, 5) is 40.1. The van der Waals surface area contributed by atoms with Gasteiger partial charge in [-0.25, -0.2) is 9.59 Å². The van der Waals surface area contributed by atoms with Gasteiger partial charge in [-0.3, -0.25) is 9.69 Å². The molecule has 1 fully saturated rings. The Hall–Kier alpha value is -3.64. The maximum atomic E-state index is 13.3. The van der Waals surface area contributed by atoms with Gasteiger partial charge in [0.2, 0.25) is 0 Å². The second-order valence-corrected chi connectivity index (χ2v) is 11.0. The van der Waals surface area contributed by atoms with Crippen LogP contribution in [-0.2, 0) is 25.7 Å². The predicted molar refractivity (Wildman–Crippen MR) is 144 cm³/mol.